The van der Waals surface area contributed by atoms with Crippen molar-refractivity contribution in [2.24, 2.45) is 0 Å². The predicted octanol–water partition coefficient (Wildman–Crippen LogP) is 0.0388. The molecular formula is C10H15NO5. The summed E-state index contributed by atoms with van der Waals surface area (Å²) in [6.07, 6.45) is 2.67. The van der Waals surface area contributed by atoms with Crippen LogP contribution in [-0.4, -0.2) is 47.5 Å². The Hall–Kier alpha value is -1.85. The van der Waals surface area contributed by atoms with Crippen LogP contribution in [0.3, 0.4) is 0 Å². The Morgan fingerprint density at radius 2 is 1.94 bits per heavy atom. The molecule has 0 aromatic heterocycles. The van der Waals surface area contributed by atoms with Crippen molar-refractivity contribution in [3.8, 4) is 0 Å². The maximum atomic E-state index is 11.4. The minimum absolute atomic E-state index is 0.192. The Morgan fingerprint density at radius 3 is 2.38 bits per heavy atom. The molecule has 0 unspecified atom stereocenters. The molecule has 90 valence electrons. The average Bonchev–Trinajstić information content (AvgIpc) is 2.16. The number of hydrogen-bond donors (Lipinski definition) is 1. The minimum Gasteiger partial charge on any atom is -0.480 e. The highest BCUT2D eigenvalue weighted by Gasteiger charge is 2.18. The highest BCUT2D eigenvalue weighted by Crippen LogP contribution is 1.94. The van der Waals surface area contributed by atoms with E-state index in [1.165, 1.54) is 12.2 Å². The molecular weight excluding hydrogens is 214 g/mol. The van der Waals surface area contributed by atoms with E-state index < -0.39 is 24.4 Å². The summed E-state index contributed by atoms with van der Waals surface area (Å²) < 4.78 is 4.63. The van der Waals surface area contributed by atoms with Crippen LogP contribution < -0.4 is 0 Å². The number of carbonyl (C=O) groups excluding carboxylic acids is 2. The number of rotatable bonds is 6. The molecule has 1 amide bonds. The topological polar surface area (TPSA) is 83.9 Å². The maximum absolute atomic E-state index is 11.4. The number of carbonyl (C=O) groups is 3. The van der Waals surface area contributed by atoms with E-state index in [-0.39, 0.29) is 13.2 Å². The van der Waals surface area contributed by atoms with Gasteiger partial charge in [-0.2, -0.15) is 0 Å². The van der Waals surface area contributed by atoms with Gasteiger partial charge in [0.1, 0.15) is 13.1 Å². The molecule has 0 aromatic carbocycles. The van der Waals surface area contributed by atoms with Gasteiger partial charge in [-0.15, -0.1) is 0 Å². The Morgan fingerprint density at radius 1 is 1.31 bits per heavy atom. The van der Waals surface area contributed by atoms with Gasteiger partial charge in [0.15, 0.2) is 0 Å². The van der Waals surface area contributed by atoms with Crippen LogP contribution in [0.2, 0.25) is 0 Å². The fourth-order valence-corrected chi connectivity index (χ4v) is 0.985. The average molecular weight is 229 g/mol. The van der Waals surface area contributed by atoms with Crippen molar-refractivity contribution in [1.82, 2.24) is 4.90 Å². The molecule has 0 bridgehead atoms. The van der Waals surface area contributed by atoms with Crippen molar-refractivity contribution in [3.63, 3.8) is 0 Å². The summed E-state index contributed by atoms with van der Waals surface area (Å²) in [6, 6.07) is 0. The fourth-order valence-electron chi connectivity index (χ4n) is 0.985. The first kappa shape index (κ1) is 14.2. The van der Waals surface area contributed by atoms with Crippen LogP contribution in [0.25, 0.3) is 0 Å². The zero-order valence-electron chi connectivity index (χ0n) is 9.30. The molecule has 0 aromatic rings. The summed E-state index contributed by atoms with van der Waals surface area (Å²) in [6.45, 7) is 2.57. The number of aliphatic carboxylic acids is 1. The van der Waals surface area contributed by atoms with Crippen LogP contribution in [0, 0.1) is 0 Å². The van der Waals surface area contributed by atoms with Crippen molar-refractivity contribution >= 4 is 17.8 Å². The molecule has 0 saturated heterocycles. The summed E-state index contributed by atoms with van der Waals surface area (Å²) >= 11 is 0. The Bertz CT molecular complexity index is 298. The monoisotopic (exact) mass is 229 g/mol. The Balaban J connectivity index is 4.48. The summed E-state index contributed by atoms with van der Waals surface area (Å²) in [5, 5.41) is 8.57. The molecule has 0 radical (unpaired) electrons. The molecule has 0 aliphatic rings. The van der Waals surface area contributed by atoms with Gasteiger partial charge >= 0.3 is 11.9 Å². The zero-order chi connectivity index (χ0) is 12.6. The third kappa shape index (κ3) is 5.79. The predicted molar refractivity (Wildman–Crippen MR) is 55.7 cm³/mol. The number of ether oxygens (including phenoxy) is 1. The van der Waals surface area contributed by atoms with Gasteiger partial charge in [0.05, 0.1) is 6.61 Å². The molecule has 0 aliphatic heterocycles. The Labute approximate surface area is 93.5 Å². The smallest absolute Gasteiger partial charge is 0.325 e. The van der Waals surface area contributed by atoms with Gasteiger partial charge in [0, 0.05) is 0 Å². The molecule has 0 atom stereocenters. The zero-order valence-corrected chi connectivity index (χ0v) is 9.30. The van der Waals surface area contributed by atoms with Crippen molar-refractivity contribution < 1.29 is 24.2 Å². The summed E-state index contributed by atoms with van der Waals surface area (Å²) in [7, 11) is 0. The van der Waals surface area contributed by atoms with Gasteiger partial charge < -0.3 is 14.7 Å². The third-order valence-corrected chi connectivity index (χ3v) is 1.57. The van der Waals surface area contributed by atoms with E-state index in [0.717, 1.165) is 4.90 Å². The lowest BCUT2D eigenvalue weighted by Crippen LogP contribution is -2.39. The van der Waals surface area contributed by atoms with E-state index >= 15 is 0 Å². The molecule has 0 fully saturated rings. The van der Waals surface area contributed by atoms with E-state index in [1.54, 1.807) is 13.8 Å². The SMILES string of the molecule is C/C=C/C(=O)N(CC(=O)O)CC(=O)OCC. The van der Waals surface area contributed by atoms with E-state index in [9.17, 15) is 14.4 Å². The number of esters is 1. The van der Waals surface area contributed by atoms with Gasteiger partial charge in [-0.3, -0.25) is 14.4 Å². The van der Waals surface area contributed by atoms with E-state index in [4.69, 9.17) is 5.11 Å². The number of carboxylic acid groups (broad SMARTS) is 1. The van der Waals surface area contributed by atoms with E-state index in [0.29, 0.717) is 0 Å². The standard InChI is InChI=1S/C10H15NO5/c1-3-5-8(12)11(6-9(13)14)7-10(15)16-4-2/h3,5H,4,6-7H2,1-2H3,(H,13,14)/b5-3+. The van der Waals surface area contributed by atoms with Crippen LogP contribution in [0.4, 0.5) is 0 Å². The second-order valence-electron chi connectivity index (χ2n) is 2.89. The number of allylic oxidation sites excluding steroid dienone is 1. The number of amides is 1. The number of carboxylic acids is 1. The van der Waals surface area contributed by atoms with Crippen LogP contribution in [0.15, 0.2) is 12.2 Å². The maximum Gasteiger partial charge on any atom is 0.325 e. The number of hydrogen-bond acceptors (Lipinski definition) is 4. The molecule has 0 heterocycles. The minimum atomic E-state index is -1.18. The van der Waals surface area contributed by atoms with Crippen LogP contribution in [0.5, 0.6) is 0 Å². The largest absolute Gasteiger partial charge is 0.480 e. The molecule has 16 heavy (non-hydrogen) atoms. The van der Waals surface area contributed by atoms with Crippen molar-refractivity contribution in [2.75, 3.05) is 19.7 Å². The lowest BCUT2D eigenvalue weighted by Gasteiger charge is -2.17. The molecule has 6 nitrogen and oxygen atoms in total. The van der Waals surface area contributed by atoms with Gasteiger partial charge in [-0.25, -0.2) is 0 Å². The van der Waals surface area contributed by atoms with Gasteiger partial charge in [0.25, 0.3) is 0 Å². The molecule has 0 rings (SSSR count). The normalized spacial score (nSPS) is 10.1. The third-order valence-electron chi connectivity index (χ3n) is 1.57. The first-order valence-electron chi connectivity index (χ1n) is 4.80. The fraction of sp³-hybridized carbons (Fsp3) is 0.500. The molecule has 0 spiro atoms. The lowest BCUT2D eigenvalue weighted by molar-refractivity contribution is -0.150. The second kappa shape index (κ2) is 7.44. The number of nitrogens with zero attached hydrogens (tertiary/aromatic N) is 1. The van der Waals surface area contributed by atoms with E-state index in [2.05, 4.69) is 4.74 Å². The van der Waals surface area contributed by atoms with Crippen LogP contribution >= 0.6 is 0 Å². The summed E-state index contributed by atoms with van der Waals surface area (Å²) in [5.41, 5.74) is 0. The van der Waals surface area contributed by atoms with Crippen LogP contribution in [-0.2, 0) is 19.1 Å². The highest BCUT2D eigenvalue weighted by atomic mass is 16.5. The molecule has 0 saturated carbocycles. The highest BCUT2D eigenvalue weighted by molar-refractivity contribution is 5.92. The van der Waals surface area contributed by atoms with Crippen molar-refractivity contribution in [2.45, 2.75) is 13.8 Å². The summed E-state index contributed by atoms with van der Waals surface area (Å²) in [5.74, 6) is -2.33. The van der Waals surface area contributed by atoms with Crippen LogP contribution in [0.1, 0.15) is 13.8 Å². The van der Waals surface area contributed by atoms with Crippen molar-refractivity contribution in [1.29, 1.82) is 0 Å². The second-order valence-corrected chi connectivity index (χ2v) is 2.89. The molecule has 6 heteroatoms. The first-order chi connectivity index (χ1) is 7.51. The molecule has 1 N–H and O–H groups in total. The van der Waals surface area contributed by atoms with Gasteiger partial charge in [0.2, 0.25) is 5.91 Å². The molecule has 0 aliphatic carbocycles. The quantitative estimate of drug-likeness (QED) is 0.513. The summed E-state index contributed by atoms with van der Waals surface area (Å²) in [4.78, 5) is 33.9. The Kier molecular flexibility index (Phi) is 6.58. The first-order valence-corrected chi connectivity index (χ1v) is 4.80. The van der Waals surface area contributed by atoms with Crippen molar-refractivity contribution in [3.05, 3.63) is 12.2 Å². The van der Waals surface area contributed by atoms with Gasteiger partial charge in [-0.05, 0) is 19.9 Å². The lowest BCUT2D eigenvalue weighted by atomic mass is 10.4. The van der Waals surface area contributed by atoms with E-state index in [1.807, 2.05) is 0 Å². The van der Waals surface area contributed by atoms with Gasteiger partial charge in [-0.1, -0.05) is 6.08 Å².